The van der Waals surface area contributed by atoms with Crippen LogP contribution < -0.4 is 5.69 Å². The molecule has 0 aliphatic carbocycles. The fourth-order valence-corrected chi connectivity index (χ4v) is 6.43. The highest BCUT2D eigenvalue weighted by molar-refractivity contribution is 5.88. The fraction of sp³-hybridized carbons (Fsp3) is 0.0465. The predicted octanol–water partition coefficient (Wildman–Crippen LogP) is 9.67. The maximum atomic E-state index is 12.6. The van der Waals surface area contributed by atoms with Crippen LogP contribution in [-0.2, 0) is 14.1 Å². The quantitative estimate of drug-likeness (QED) is 0.186. The lowest BCUT2D eigenvalue weighted by molar-refractivity contribution is 0.795. The molecular weight excluding hydrogens is 589 g/mol. The Kier molecular flexibility index (Phi) is 7.35. The Morgan fingerprint density at radius 2 is 0.896 bits per heavy atom. The number of rotatable bonds is 6. The van der Waals surface area contributed by atoms with Crippen molar-refractivity contribution in [1.82, 2.24) is 19.1 Å². The highest BCUT2D eigenvalue weighted by Gasteiger charge is 2.15. The van der Waals surface area contributed by atoms with E-state index in [2.05, 4.69) is 109 Å². The first-order valence-corrected chi connectivity index (χ1v) is 16.0. The Morgan fingerprint density at radius 3 is 1.56 bits per heavy atom. The van der Waals surface area contributed by atoms with Gasteiger partial charge in [-0.05, 0) is 63.7 Å². The highest BCUT2D eigenvalue weighted by atomic mass is 16.1. The normalized spacial score (nSPS) is 11.2. The Hall–Kier alpha value is -6.33. The molecule has 0 radical (unpaired) electrons. The van der Waals surface area contributed by atoms with E-state index in [0.29, 0.717) is 5.82 Å². The average molecular weight is 621 g/mol. The van der Waals surface area contributed by atoms with Crippen LogP contribution in [-0.4, -0.2) is 19.1 Å². The van der Waals surface area contributed by atoms with Gasteiger partial charge in [-0.3, -0.25) is 9.13 Å². The van der Waals surface area contributed by atoms with Gasteiger partial charge in [0.1, 0.15) is 0 Å². The predicted molar refractivity (Wildman–Crippen MR) is 196 cm³/mol. The molecule has 0 aliphatic heterocycles. The van der Waals surface area contributed by atoms with E-state index in [1.807, 2.05) is 55.6 Å². The molecule has 230 valence electrons. The van der Waals surface area contributed by atoms with Gasteiger partial charge < -0.3 is 0 Å². The maximum Gasteiger partial charge on any atom is 0.328 e. The van der Waals surface area contributed by atoms with Gasteiger partial charge in [0.15, 0.2) is 5.82 Å². The summed E-state index contributed by atoms with van der Waals surface area (Å²) in [4.78, 5) is 22.8. The Morgan fingerprint density at radius 1 is 0.396 bits per heavy atom. The number of fused-ring (bicyclic) bond motifs is 1. The summed E-state index contributed by atoms with van der Waals surface area (Å²) < 4.78 is 3.37. The lowest BCUT2D eigenvalue weighted by Crippen LogP contribution is -2.19. The Bertz CT molecular complexity index is 2480. The summed E-state index contributed by atoms with van der Waals surface area (Å²) in [6.45, 7) is 0. The molecule has 2 aromatic heterocycles. The SMILES string of the molecule is Cn1c(=O)n(C)c2cc(-c3cccc(-c4cc(-c5ccc(-c6ccccc6)c(-c6ccccc6)c5)nc(-c5ccccc5)n4)c3)ccc21. The molecule has 5 nitrogen and oxygen atoms in total. The van der Waals surface area contributed by atoms with Gasteiger partial charge in [0.05, 0.1) is 22.4 Å². The third-order valence-corrected chi connectivity index (χ3v) is 9.01. The molecule has 0 saturated carbocycles. The number of aryl methyl sites for hydroxylation is 2. The molecule has 0 bridgehead atoms. The first kappa shape index (κ1) is 29.1. The third kappa shape index (κ3) is 5.31. The van der Waals surface area contributed by atoms with Crippen molar-refractivity contribution in [3.05, 3.63) is 168 Å². The van der Waals surface area contributed by atoms with Gasteiger partial charge in [-0.25, -0.2) is 14.8 Å². The van der Waals surface area contributed by atoms with Crippen molar-refractivity contribution in [2.45, 2.75) is 0 Å². The molecule has 0 N–H and O–H groups in total. The van der Waals surface area contributed by atoms with Gasteiger partial charge >= 0.3 is 5.69 Å². The zero-order valence-corrected chi connectivity index (χ0v) is 26.7. The monoisotopic (exact) mass is 620 g/mol. The van der Waals surface area contributed by atoms with Crippen LogP contribution in [0.4, 0.5) is 0 Å². The topological polar surface area (TPSA) is 52.7 Å². The van der Waals surface area contributed by atoms with Gasteiger partial charge in [0.25, 0.3) is 0 Å². The van der Waals surface area contributed by atoms with E-state index >= 15 is 0 Å². The standard InChI is InChI=1S/C43H32N4O/c1-46-40-24-22-33(27-41(40)47(2)43(46)48)32-19-12-20-34(25-32)38-28-39(45-42(44-38)31-17-10-5-11-18-31)35-21-23-36(29-13-6-3-7-14-29)37(26-35)30-15-8-4-9-16-30/h3-28H,1-2H3. The van der Waals surface area contributed by atoms with E-state index in [9.17, 15) is 4.79 Å². The number of imidazole rings is 1. The molecule has 0 unspecified atom stereocenters. The molecule has 0 atom stereocenters. The minimum atomic E-state index is -0.0370. The molecule has 48 heavy (non-hydrogen) atoms. The molecule has 2 heterocycles. The third-order valence-electron chi connectivity index (χ3n) is 9.01. The lowest BCUT2D eigenvalue weighted by atomic mass is 9.92. The van der Waals surface area contributed by atoms with Crippen LogP contribution in [0, 0.1) is 0 Å². The van der Waals surface area contributed by atoms with Crippen molar-refractivity contribution in [3.63, 3.8) is 0 Å². The first-order valence-electron chi connectivity index (χ1n) is 16.0. The second-order valence-electron chi connectivity index (χ2n) is 12.0. The molecule has 0 saturated heterocycles. The minimum Gasteiger partial charge on any atom is -0.295 e. The Balaban J connectivity index is 1.28. The van der Waals surface area contributed by atoms with E-state index in [1.165, 1.54) is 11.1 Å². The molecule has 5 heteroatoms. The smallest absolute Gasteiger partial charge is 0.295 e. The van der Waals surface area contributed by atoms with E-state index < -0.39 is 0 Å². The van der Waals surface area contributed by atoms with Crippen LogP contribution in [0.1, 0.15) is 0 Å². The van der Waals surface area contributed by atoms with Gasteiger partial charge in [0, 0.05) is 30.8 Å². The summed E-state index contributed by atoms with van der Waals surface area (Å²) >= 11 is 0. The van der Waals surface area contributed by atoms with Gasteiger partial charge in [-0.2, -0.15) is 0 Å². The van der Waals surface area contributed by atoms with Crippen molar-refractivity contribution < 1.29 is 0 Å². The van der Waals surface area contributed by atoms with Crippen molar-refractivity contribution in [2.24, 2.45) is 14.1 Å². The van der Waals surface area contributed by atoms with Crippen LogP contribution in [0.25, 0.3) is 78.3 Å². The van der Waals surface area contributed by atoms with E-state index in [0.717, 1.165) is 61.4 Å². The summed E-state index contributed by atoms with van der Waals surface area (Å²) in [5.74, 6) is 0.669. The summed E-state index contributed by atoms with van der Waals surface area (Å²) in [6.07, 6.45) is 0. The second kappa shape index (κ2) is 12.1. The zero-order valence-electron chi connectivity index (χ0n) is 26.7. The molecule has 0 aliphatic rings. The number of hydrogen-bond acceptors (Lipinski definition) is 3. The van der Waals surface area contributed by atoms with Crippen LogP contribution in [0.15, 0.2) is 163 Å². The van der Waals surface area contributed by atoms with Gasteiger partial charge in [-0.1, -0.05) is 127 Å². The van der Waals surface area contributed by atoms with Crippen LogP contribution >= 0.6 is 0 Å². The largest absolute Gasteiger partial charge is 0.328 e. The van der Waals surface area contributed by atoms with Crippen LogP contribution in [0.2, 0.25) is 0 Å². The number of nitrogens with zero attached hydrogens (tertiary/aromatic N) is 4. The van der Waals surface area contributed by atoms with Crippen molar-refractivity contribution in [2.75, 3.05) is 0 Å². The maximum absolute atomic E-state index is 12.6. The lowest BCUT2D eigenvalue weighted by Gasteiger charge is -2.14. The first-order chi connectivity index (χ1) is 23.5. The van der Waals surface area contributed by atoms with Crippen LogP contribution in [0.3, 0.4) is 0 Å². The molecule has 8 aromatic rings. The number of hydrogen-bond donors (Lipinski definition) is 0. The van der Waals surface area contributed by atoms with Crippen LogP contribution in [0.5, 0.6) is 0 Å². The fourth-order valence-electron chi connectivity index (χ4n) is 6.43. The van der Waals surface area contributed by atoms with E-state index in [-0.39, 0.29) is 5.69 Å². The summed E-state index contributed by atoms with van der Waals surface area (Å²) in [7, 11) is 3.62. The van der Waals surface area contributed by atoms with E-state index in [1.54, 1.807) is 16.2 Å². The second-order valence-corrected chi connectivity index (χ2v) is 12.0. The molecule has 0 fully saturated rings. The summed E-state index contributed by atoms with van der Waals surface area (Å²) in [6, 6.07) is 54.4. The summed E-state index contributed by atoms with van der Waals surface area (Å²) in [5, 5.41) is 0. The van der Waals surface area contributed by atoms with E-state index in [4.69, 9.17) is 9.97 Å². The summed E-state index contributed by atoms with van der Waals surface area (Å²) in [5.41, 5.74) is 13.1. The molecule has 0 spiro atoms. The molecule has 0 amide bonds. The number of aromatic nitrogens is 4. The van der Waals surface area contributed by atoms with Crippen molar-refractivity contribution in [3.8, 4) is 67.3 Å². The molecule has 6 aromatic carbocycles. The minimum absolute atomic E-state index is 0.0370. The average Bonchev–Trinajstić information content (AvgIpc) is 3.38. The molecule has 8 rings (SSSR count). The zero-order chi connectivity index (χ0) is 32.6. The highest BCUT2D eigenvalue weighted by Crippen LogP contribution is 2.37. The number of benzene rings is 6. The van der Waals surface area contributed by atoms with Gasteiger partial charge in [-0.15, -0.1) is 0 Å². The Labute approximate surface area is 279 Å². The molecular formula is C43H32N4O. The van der Waals surface area contributed by atoms with Crippen molar-refractivity contribution >= 4 is 11.0 Å². The van der Waals surface area contributed by atoms with Crippen molar-refractivity contribution in [1.29, 1.82) is 0 Å². The van der Waals surface area contributed by atoms with Gasteiger partial charge in [0.2, 0.25) is 0 Å².